The molecule has 1 N–H and O–H groups in total. The SMILES string of the molecule is CC1(O)CCCN(S(=O)(=O)c2ccc(F)cc2Br)C1. The second kappa shape index (κ2) is 5.12. The number of halogens is 2. The zero-order chi connectivity index (χ0) is 14.3. The average Bonchev–Trinajstić information content (AvgIpc) is 2.27. The summed E-state index contributed by atoms with van der Waals surface area (Å²) in [6.07, 6.45) is 1.18. The standard InChI is InChI=1S/C12H15BrFNO3S/c1-12(16)5-2-6-15(8-12)19(17,18)11-4-3-9(14)7-10(11)13/h3-4,7,16H,2,5-6,8H2,1H3. The minimum Gasteiger partial charge on any atom is -0.389 e. The molecule has 1 atom stereocenters. The Hall–Kier alpha value is -0.500. The van der Waals surface area contributed by atoms with Gasteiger partial charge in [0.1, 0.15) is 5.82 Å². The molecule has 1 aliphatic rings. The first-order valence-electron chi connectivity index (χ1n) is 5.90. The van der Waals surface area contributed by atoms with E-state index in [1.54, 1.807) is 6.92 Å². The molecule has 1 aromatic carbocycles. The Kier molecular flexibility index (Phi) is 4.02. The number of hydrogen-bond donors (Lipinski definition) is 1. The highest BCUT2D eigenvalue weighted by molar-refractivity contribution is 9.10. The summed E-state index contributed by atoms with van der Waals surface area (Å²) < 4.78 is 39.4. The number of benzene rings is 1. The normalized spacial score (nSPS) is 25.5. The molecule has 4 nitrogen and oxygen atoms in total. The van der Waals surface area contributed by atoms with E-state index in [0.29, 0.717) is 19.4 Å². The maximum Gasteiger partial charge on any atom is 0.244 e. The summed E-state index contributed by atoms with van der Waals surface area (Å²) in [5.41, 5.74) is -1.02. The minimum atomic E-state index is -3.72. The molecule has 0 saturated carbocycles. The molecular formula is C12H15BrFNO3S. The van der Waals surface area contributed by atoms with Gasteiger partial charge in [-0.3, -0.25) is 0 Å². The van der Waals surface area contributed by atoms with Crippen LogP contribution >= 0.6 is 15.9 Å². The molecule has 2 rings (SSSR count). The van der Waals surface area contributed by atoms with Crippen molar-refractivity contribution in [3.63, 3.8) is 0 Å². The molecule has 0 spiro atoms. The van der Waals surface area contributed by atoms with Crippen molar-refractivity contribution in [3.05, 3.63) is 28.5 Å². The lowest BCUT2D eigenvalue weighted by atomic mass is 9.97. The molecule has 0 bridgehead atoms. The smallest absolute Gasteiger partial charge is 0.244 e. The number of rotatable bonds is 2. The monoisotopic (exact) mass is 351 g/mol. The van der Waals surface area contributed by atoms with Crippen molar-refractivity contribution < 1.29 is 17.9 Å². The van der Waals surface area contributed by atoms with E-state index in [-0.39, 0.29) is 15.9 Å². The van der Waals surface area contributed by atoms with Crippen LogP contribution in [0.1, 0.15) is 19.8 Å². The van der Waals surface area contributed by atoms with Crippen LogP contribution < -0.4 is 0 Å². The summed E-state index contributed by atoms with van der Waals surface area (Å²) in [7, 11) is -3.72. The molecule has 1 aliphatic heterocycles. The van der Waals surface area contributed by atoms with Gasteiger partial charge in [-0.15, -0.1) is 0 Å². The third kappa shape index (κ3) is 3.16. The van der Waals surface area contributed by atoms with Crippen LogP contribution in [-0.2, 0) is 10.0 Å². The van der Waals surface area contributed by atoms with Gasteiger partial charge in [-0.2, -0.15) is 4.31 Å². The van der Waals surface area contributed by atoms with Crippen molar-refractivity contribution >= 4 is 26.0 Å². The molecule has 7 heteroatoms. The summed E-state index contributed by atoms with van der Waals surface area (Å²) in [5, 5.41) is 9.99. The van der Waals surface area contributed by atoms with Crippen LogP contribution in [0.2, 0.25) is 0 Å². The lowest BCUT2D eigenvalue weighted by Crippen LogP contribution is -2.48. The maximum atomic E-state index is 13.0. The van der Waals surface area contributed by atoms with E-state index in [2.05, 4.69) is 15.9 Å². The van der Waals surface area contributed by atoms with Crippen LogP contribution in [0.25, 0.3) is 0 Å². The Morgan fingerprint density at radius 1 is 1.47 bits per heavy atom. The van der Waals surface area contributed by atoms with Crippen molar-refractivity contribution in [2.24, 2.45) is 0 Å². The fourth-order valence-electron chi connectivity index (χ4n) is 2.20. The summed E-state index contributed by atoms with van der Waals surface area (Å²) in [6.45, 7) is 2.04. The Morgan fingerprint density at radius 3 is 2.74 bits per heavy atom. The minimum absolute atomic E-state index is 0.0200. The first-order valence-corrected chi connectivity index (χ1v) is 8.13. The van der Waals surface area contributed by atoms with Gasteiger partial charge < -0.3 is 5.11 Å². The third-order valence-electron chi connectivity index (χ3n) is 3.15. The van der Waals surface area contributed by atoms with E-state index in [1.165, 1.54) is 10.4 Å². The molecule has 1 heterocycles. The third-order valence-corrected chi connectivity index (χ3v) is 5.97. The van der Waals surface area contributed by atoms with Crippen LogP contribution in [-0.4, -0.2) is 36.5 Å². The van der Waals surface area contributed by atoms with Gasteiger partial charge in [0.05, 0.1) is 10.5 Å². The van der Waals surface area contributed by atoms with Gasteiger partial charge in [-0.1, -0.05) is 0 Å². The molecule has 1 aromatic rings. The number of hydrogen-bond acceptors (Lipinski definition) is 3. The second-order valence-electron chi connectivity index (χ2n) is 5.01. The first-order chi connectivity index (χ1) is 8.72. The van der Waals surface area contributed by atoms with Gasteiger partial charge in [0, 0.05) is 17.6 Å². The van der Waals surface area contributed by atoms with Gasteiger partial charge in [0.15, 0.2) is 0 Å². The van der Waals surface area contributed by atoms with Crippen LogP contribution in [0.15, 0.2) is 27.6 Å². The first kappa shape index (κ1) is 14.9. The van der Waals surface area contributed by atoms with Crippen molar-refractivity contribution in [1.82, 2.24) is 4.31 Å². The van der Waals surface area contributed by atoms with E-state index in [9.17, 15) is 17.9 Å². The van der Waals surface area contributed by atoms with E-state index in [4.69, 9.17) is 0 Å². The Labute approximate surface area is 120 Å². The fraction of sp³-hybridized carbons (Fsp3) is 0.500. The molecule has 106 valence electrons. The molecule has 19 heavy (non-hydrogen) atoms. The Bertz CT molecular complexity index is 589. The number of nitrogens with zero attached hydrogens (tertiary/aromatic N) is 1. The van der Waals surface area contributed by atoms with E-state index in [1.807, 2.05) is 0 Å². The number of β-amino-alcohol motifs (C(OH)–C–C–N with tert-alkyl or cyclic N) is 1. The predicted molar refractivity (Wildman–Crippen MR) is 72.7 cm³/mol. The second-order valence-corrected chi connectivity index (χ2v) is 7.77. The molecule has 1 unspecified atom stereocenters. The topological polar surface area (TPSA) is 57.6 Å². The molecule has 1 saturated heterocycles. The predicted octanol–water partition coefficient (Wildman–Crippen LogP) is 2.12. The number of sulfonamides is 1. The number of piperidine rings is 1. The van der Waals surface area contributed by atoms with Crippen molar-refractivity contribution in [3.8, 4) is 0 Å². The summed E-state index contributed by atoms with van der Waals surface area (Å²) in [4.78, 5) is 0.0200. The molecule has 0 radical (unpaired) electrons. The maximum absolute atomic E-state index is 13.0. The van der Waals surface area contributed by atoms with E-state index < -0.39 is 21.4 Å². The van der Waals surface area contributed by atoms with Crippen LogP contribution in [0, 0.1) is 5.82 Å². The van der Waals surface area contributed by atoms with Crippen molar-refractivity contribution in [2.75, 3.05) is 13.1 Å². The summed E-state index contributed by atoms with van der Waals surface area (Å²) in [5.74, 6) is -0.503. The highest BCUT2D eigenvalue weighted by Crippen LogP contribution is 2.30. The highest BCUT2D eigenvalue weighted by atomic mass is 79.9. The molecule has 0 aromatic heterocycles. The van der Waals surface area contributed by atoms with Crippen molar-refractivity contribution in [2.45, 2.75) is 30.3 Å². The molecule has 1 fully saturated rings. The number of aliphatic hydroxyl groups is 1. The fourth-order valence-corrected chi connectivity index (χ4v) is 4.81. The largest absolute Gasteiger partial charge is 0.389 e. The van der Waals surface area contributed by atoms with Crippen LogP contribution in [0.3, 0.4) is 0 Å². The quantitative estimate of drug-likeness (QED) is 0.887. The van der Waals surface area contributed by atoms with E-state index in [0.717, 1.165) is 12.1 Å². The molecular weight excluding hydrogens is 337 g/mol. The van der Waals surface area contributed by atoms with Gasteiger partial charge >= 0.3 is 0 Å². The molecule has 0 aliphatic carbocycles. The van der Waals surface area contributed by atoms with Crippen LogP contribution in [0.4, 0.5) is 4.39 Å². The highest BCUT2D eigenvalue weighted by Gasteiger charge is 2.36. The molecule has 0 amide bonds. The summed E-state index contributed by atoms with van der Waals surface area (Å²) >= 11 is 3.07. The summed E-state index contributed by atoms with van der Waals surface area (Å²) in [6, 6.07) is 3.47. The zero-order valence-electron chi connectivity index (χ0n) is 10.4. The van der Waals surface area contributed by atoms with Gasteiger partial charge in [-0.05, 0) is 53.9 Å². The zero-order valence-corrected chi connectivity index (χ0v) is 12.8. The lowest BCUT2D eigenvalue weighted by Gasteiger charge is -2.36. The average molecular weight is 352 g/mol. The van der Waals surface area contributed by atoms with Gasteiger partial charge in [0.2, 0.25) is 10.0 Å². The van der Waals surface area contributed by atoms with Gasteiger partial charge in [0.25, 0.3) is 0 Å². The van der Waals surface area contributed by atoms with Crippen LogP contribution in [0.5, 0.6) is 0 Å². The Morgan fingerprint density at radius 2 is 2.16 bits per heavy atom. The van der Waals surface area contributed by atoms with Crippen molar-refractivity contribution in [1.29, 1.82) is 0 Å². The van der Waals surface area contributed by atoms with Gasteiger partial charge in [-0.25, -0.2) is 12.8 Å². The van der Waals surface area contributed by atoms with E-state index >= 15 is 0 Å². The Balaban J connectivity index is 2.37. The lowest BCUT2D eigenvalue weighted by molar-refractivity contribution is 0.00939.